The molecule has 1 amide bonds. The molecule has 1 aliphatic rings. The molecule has 3 rings (SSSR count). The van der Waals surface area contributed by atoms with Gasteiger partial charge in [-0.2, -0.15) is 5.10 Å². The summed E-state index contributed by atoms with van der Waals surface area (Å²) in [7, 11) is 0. The predicted molar refractivity (Wildman–Crippen MR) is 115 cm³/mol. The number of thioether (sulfide) groups is 1. The molecule has 0 atom stereocenters. The van der Waals surface area contributed by atoms with E-state index < -0.39 is 0 Å². The van der Waals surface area contributed by atoms with Crippen molar-refractivity contribution >= 4 is 34.5 Å². The fourth-order valence-corrected chi connectivity index (χ4v) is 4.23. The van der Waals surface area contributed by atoms with Crippen LogP contribution in [0.4, 0.5) is 5.82 Å². The van der Waals surface area contributed by atoms with E-state index in [-0.39, 0.29) is 17.9 Å². The lowest BCUT2D eigenvalue weighted by atomic mass is 9.89. The molecule has 7 nitrogen and oxygen atoms in total. The van der Waals surface area contributed by atoms with Gasteiger partial charge < -0.3 is 10.6 Å². The minimum absolute atomic E-state index is 0.185. The van der Waals surface area contributed by atoms with Crippen molar-refractivity contribution in [3.05, 3.63) is 6.20 Å². The normalized spacial score (nSPS) is 15.3. The Hall–Kier alpha value is -1.83. The number of nitrogens with zero attached hydrogens (tertiary/aromatic N) is 4. The largest absolute Gasteiger partial charge is 0.367 e. The minimum Gasteiger partial charge on any atom is -0.367 e. The first-order valence-corrected chi connectivity index (χ1v) is 11.5. The Kier molecular flexibility index (Phi) is 7.53. The van der Waals surface area contributed by atoms with Gasteiger partial charge in [0.15, 0.2) is 10.8 Å². The molecule has 8 heteroatoms. The van der Waals surface area contributed by atoms with E-state index in [9.17, 15) is 4.79 Å². The van der Waals surface area contributed by atoms with Gasteiger partial charge in [0.05, 0.1) is 18.1 Å². The van der Waals surface area contributed by atoms with Gasteiger partial charge in [-0.25, -0.2) is 14.6 Å². The van der Waals surface area contributed by atoms with Crippen LogP contribution in [0.5, 0.6) is 0 Å². The van der Waals surface area contributed by atoms with E-state index in [0.717, 1.165) is 47.0 Å². The van der Waals surface area contributed by atoms with Crippen LogP contribution >= 0.6 is 11.8 Å². The van der Waals surface area contributed by atoms with Crippen molar-refractivity contribution in [2.24, 2.45) is 5.92 Å². The van der Waals surface area contributed by atoms with Crippen molar-refractivity contribution < 1.29 is 4.79 Å². The third-order valence-electron chi connectivity index (χ3n) is 4.94. The van der Waals surface area contributed by atoms with Gasteiger partial charge in [-0.05, 0) is 33.1 Å². The lowest BCUT2D eigenvalue weighted by Crippen LogP contribution is -2.34. The first kappa shape index (κ1) is 20.9. The molecule has 2 aromatic rings. The second kappa shape index (κ2) is 10.1. The maximum Gasteiger partial charge on any atom is 0.223 e. The third kappa shape index (κ3) is 5.37. The van der Waals surface area contributed by atoms with E-state index >= 15 is 0 Å². The fraction of sp³-hybridized carbons (Fsp3) is 0.700. The molecule has 28 heavy (non-hydrogen) atoms. The highest BCUT2D eigenvalue weighted by Crippen LogP contribution is 2.26. The summed E-state index contributed by atoms with van der Waals surface area (Å²) < 4.78 is 1.87. The summed E-state index contributed by atoms with van der Waals surface area (Å²) in [6.45, 7) is 7.52. The highest BCUT2D eigenvalue weighted by atomic mass is 32.2. The average molecular weight is 405 g/mol. The summed E-state index contributed by atoms with van der Waals surface area (Å²) in [5.41, 5.74) is 0.823. The van der Waals surface area contributed by atoms with Crippen LogP contribution in [0.25, 0.3) is 11.0 Å². The number of carbonyl (C=O) groups is 1. The first-order chi connectivity index (χ1) is 13.6. The monoisotopic (exact) mass is 404 g/mol. The predicted octanol–water partition coefficient (Wildman–Crippen LogP) is 3.85. The van der Waals surface area contributed by atoms with Gasteiger partial charge in [-0.3, -0.25) is 4.79 Å². The standard InChI is InChI=1S/C20H32N6OS/c1-4-12-28-20-24-17(23-14(2)3)16-13-22-26(18(16)25-20)11-10-21-19(27)15-8-6-5-7-9-15/h13-15H,4-12H2,1-3H3,(H,21,27)(H,23,24,25). The maximum absolute atomic E-state index is 12.4. The van der Waals surface area contributed by atoms with Crippen molar-refractivity contribution in [3.8, 4) is 0 Å². The molecular weight excluding hydrogens is 372 g/mol. The van der Waals surface area contributed by atoms with Gasteiger partial charge >= 0.3 is 0 Å². The van der Waals surface area contributed by atoms with Crippen LogP contribution in [0.15, 0.2) is 11.4 Å². The molecule has 0 spiro atoms. The third-order valence-corrected chi connectivity index (χ3v) is 5.99. The van der Waals surface area contributed by atoms with Gasteiger partial charge in [0.1, 0.15) is 5.82 Å². The molecule has 2 N–H and O–H groups in total. The van der Waals surface area contributed by atoms with Gasteiger partial charge in [-0.15, -0.1) is 0 Å². The Morgan fingerprint density at radius 2 is 2.07 bits per heavy atom. The van der Waals surface area contributed by atoms with E-state index in [0.29, 0.717) is 13.1 Å². The second-order valence-corrected chi connectivity index (χ2v) is 8.80. The van der Waals surface area contributed by atoms with Gasteiger partial charge in [0.25, 0.3) is 0 Å². The second-order valence-electron chi connectivity index (χ2n) is 7.73. The highest BCUT2D eigenvalue weighted by molar-refractivity contribution is 7.99. The first-order valence-electron chi connectivity index (χ1n) is 10.5. The van der Waals surface area contributed by atoms with E-state index in [2.05, 4.69) is 41.5 Å². The van der Waals surface area contributed by atoms with Crippen molar-refractivity contribution in [2.45, 2.75) is 77.0 Å². The summed E-state index contributed by atoms with van der Waals surface area (Å²) in [5, 5.41) is 12.7. The van der Waals surface area contributed by atoms with Crippen LogP contribution < -0.4 is 10.6 Å². The Labute approximate surface area is 171 Å². The molecule has 1 aliphatic carbocycles. The summed E-state index contributed by atoms with van der Waals surface area (Å²) in [6.07, 6.45) is 8.53. The summed E-state index contributed by atoms with van der Waals surface area (Å²) in [5.74, 6) is 2.19. The quantitative estimate of drug-likeness (QED) is 0.488. The van der Waals surface area contributed by atoms with Crippen LogP contribution in [-0.2, 0) is 11.3 Å². The van der Waals surface area contributed by atoms with E-state index in [4.69, 9.17) is 4.98 Å². The molecule has 2 heterocycles. The minimum atomic E-state index is 0.185. The number of anilines is 1. The van der Waals surface area contributed by atoms with Crippen LogP contribution in [0.3, 0.4) is 0 Å². The zero-order chi connectivity index (χ0) is 19.9. The van der Waals surface area contributed by atoms with Crippen LogP contribution in [-0.4, -0.2) is 44.0 Å². The summed E-state index contributed by atoms with van der Waals surface area (Å²) in [6, 6.07) is 0.278. The Morgan fingerprint density at radius 3 is 2.79 bits per heavy atom. The average Bonchev–Trinajstić information content (AvgIpc) is 3.10. The molecule has 0 unspecified atom stereocenters. The zero-order valence-electron chi connectivity index (χ0n) is 17.2. The van der Waals surface area contributed by atoms with Crippen molar-refractivity contribution in [3.63, 3.8) is 0 Å². The number of hydrogen-bond donors (Lipinski definition) is 2. The van der Waals surface area contributed by atoms with Gasteiger partial charge in [0, 0.05) is 24.3 Å². The van der Waals surface area contributed by atoms with E-state index in [1.165, 1.54) is 19.3 Å². The molecule has 0 saturated heterocycles. The molecule has 0 bridgehead atoms. The summed E-state index contributed by atoms with van der Waals surface area (Å²) in [4.78, 5) is 21.8. The smallest absolute Gasteiger partial charge is 0.223 e. The fourth-order valence-electron chi connectivity index (χ4n) is 3.53. The number of hydrogen-bond acceptors (Lipinski definition) is 6. The van der Waals surface area contributed by atoms with Gasteiger partial charge in [0.2, 0.25) is 5.91 Å². The number of rotatable bonds is 9. The molecule has 0 aromatic carbocycles. The van der Waals surface area contributed by atoms with Gasteiger partial charge in [-0.1, -0.05) is 37.9 Å². The highest BCUT2D eigenvalue weighted by Gasteiger charge is 2.20. The van der Waals surface area contributed by atoms with Crippen LogP contribution in [0.1, 0.15) is 59.3 Å². The number of aromatic nitrogens is 4. The molecule has 0 radical (unpaired) electrons. The van der Waals surface area contributed by atoms with E-state index in [1.54, 1.807) is 11.8 Å². The zero-order valence-corrected chi connectivity index (χ0v) is 18.0. The lowest BCUT2D eigenvalue weighted by Gasteiger charge is -2.20. The molecule has 1 fully saturated rings. The SMILES string of the molecule is CCCSc1nc(NC(C)C)c2cnn(CCNC(=O)C3CCCCC3)c2n1. The van der Waals surface area contributed by atoms with E-state index in [1.807, 2.05) is 10.9 Å². The lowest BCUT2D eigenvalue weighted by molar-refractivity contribution is -0.125. The van der Waals surface area contributed by atoms with Crippen molar-refractivity contribution in [1.29, 1.82) is 0 Å². The van der Waals surface area contributed by atoms with Crippen molar-refractivity contribution in [1.82, 2.24) is 25.1 Å². The molecule has 154 valence electrons. The topological polar surface area (TPSA) is 84.7 Å². The Morgan fingerprint density at radius 1 is 1.29 bits per heavy atom. The number of nitrogens with one attached hydrogen (secondary N) is 2. The molecule has 1 saturated carbocycles. The molecule has 0 aliphatic heterocycles. The number of amides is 1. The number of fused-ring (bicyclic) bond motifs is 1. The summed E-state index contributed by atoms with van der Waals surface area (Å²) >= 11 is 1.66. The van der Waals surface area contributed by atoms with Crippen LogP contribution in [0.2, 0.25) is 0 Å². The molecule has 2 aromatic heterocycles. The number of carbonyl (C=O) groups excluding carboxylic acids is 1. The maximum atomic E-state index is 12.4. The Balaban J connectivity index is 1.70. The van der Waals surface area contributed by atoms with Crippen LogP contribution in [0, 0.1) is 5.92 Å². The Bertz CT molecular complexity index is 784. The van der Waals surface area contributed by atoms with Crippen molar-refractivity contribution in [2.75, 3.05) is 17.6 Å². The molecular formula is C20H32N6OS.